The van der Waals surface area contributed by atoms with Crippen LogP contribution in [0.4, 0.5) is 0 Å². The predicted octanol–water partition coefficient (Wildman–Crippen LogP) is 3.39. The van der Waals surface area contributed by atoms with Crippen LogP contribution in [-0.2, 0) is 16.0 Å². The monoisotopic (exact) mass is 294 g/mol. The Labute approximate surface area is 112 Å². The third kappa shape index (κ3) is 3.80. The average molecular weight is 295 g/mol. The van der Waals surface area contributed by atoms with E-state index in [2.05, 4.69) is 0 Å². The molecule has 6 heteroatoms. The molecule has 94 valence electrons. The van der Waals surface area contributed by atoms with Crippen molar-refractivity contribution in [3.8, 4) is 0 Å². The van der Waals surface area contributed by atoms with Crippen LogP contribution in [0.25, 0.3) is 0 Å². The standard InChI is InChI=1S/C11H15Cl2NO2P/c1-3-9-7-5-6-8-14(9)10(17(12)13)11(15)16-4-2/h5-8,10H,3-4H2,1-2H3/q+1/t10-/m0/s1. The van der Waals surface area contributed by atoms with E-state index in [9.17, 15) is 4.79 Å². The molecule has 0 aliphatic rings. The maximum absolute atomic E-state index is 11.9. The number of halogens is 2. The van der Waals surface area contributed by atoms with Crippen LogP contribution in [0.5, 0.6) is 0 Å². The van der Waals surface area contributed by atoms with Crippen LogP contribution in [0.1, 0.15) is 25.3 Å². The van der Waals surface area contributed by atoms with E-state index in [1.807, 2.05) is 25.1 Å². The lowest BCUT2D eigenvalue weighted by Gasteiger charge is -2.13. The first-order chi connectivity index (χ1) is 8.11. The summed E-state index contributed by atoms with van der Waals surface area (Å²) in [5.74, 6) is -1.01. The molecule has 17 heavy (non-hydrogen) atoms. The molecule has 0 aliphatic carbocycles. The Morgan fingerprint density at radius 2 is 2.18 bits per heavy atom. The molecule has 0 N–H and O–H groups in total. The van der Waals surface area contributed by atoms with Crippen LogP contribution >= 0.6 is 29.1 Å². The van der Waals surface area contributed by atoms with Crippen molar-refractivity contribution < 1.29 is 14.1 Å². The first-order valence-electron chi connectivity index (χ1n) is 5.38. The SMILES string of the molecule is CCOC(=O)[C@@H]([n+]1ccccc1CC)P(Cl)Cl. The van der Waals surface area contributed by atoms with Gasteiger partial charge < -0.3 is 4.74 Å². The van der Waals surface area contributed by atoms with Gasteiger partial charge in [-0.3, -0.25) is 0 Å². The fourth-order valence-corrected chi connectivity index (χ4v) is 3.22. The average Bonchev–Trinajstić information content (AvgIpc) is 2.30. The first-order valence-corrected chi connectivity index (χ1v) is 8.60. The van der Waals surface area contributed by atoms with Gasteiger partial charge in [0.05, 0.1) is 6.61 Å². The van der Waals surface area contributed by atoms with Crippen molar-refractivity contribution in [1.29, 1.82) is 0 Å². The van der Waals surface area contributed by atoms with Gasteiger partial charge in [-0.15, -0.1) is 0 Å². The Balaban J connectivity index is 3.09. The van der Waals surface area contributed by atoms with Crippen molar-refractivity contribution in [2.24, 2.45) is 0 Å². The number of hydrogen-bond acceptors (Lipinski definition) is 2. The maximum Gasteiger partial charge on any atom is 0.383 e. The molecule has 0 saturated heterocycles. The van der Waals surface area contributed by atoms with Gasteiger partial charge in [0.15, 0.2) is 18.5 Å². The number of carbonyl (C=O) groups excluding carboxylic acids is 1. The number of aryl methyl sites for hydroxylation is 1. The molecule has 0 amide bonds. The summed E-state index contributed by atoms with van der Waals surface area (Å²) in [5.41, 5.74) is 0.999. The molecule has 1 heterocycles. The van der Waals surface area contributed by atoms with Gasteiger partial charge in [0.1, 0.15) is 0 Å². The molecule has 0 spiro atoms. The van der Waals surface area contributed by atoms with Gasteiger partial charge in [0.2, 0.25) is 0 Å². The number of pyridine rings is 1. The van der Waals surface area contributed by atoms with E-state index in [1.165, 1.54) is 0 Å². The smallest absolute Gasteiger partial charge is 0.383 e. The lowest BCUT2D eigenvalue weighted by atomic mass is 10.3. The molecule has 0 bridgehead atoms. The van der Waals surface area contributed by atoms with Gasteiger partial charge >= 0.3 is 5.97 Å². The summed E-state index contributed by atoms with van der Waals surface area (Å²) in [6, 6.07) is 5.71. The number of hydrogen-bond donors (Lipinski definition) is 0. The second-order valence-electron chi connectivity index (χ2n) is 3.34. The normalized spacial score (nSPS) is 12.5. The molecule has 0 saturated carbocycles. The Bertz CT molecular complexity index is 387. The molecule has 0 radical (unpaired) electrons. The third-order valence-electron chi connectivity index (χ3n) is 2.29. The predicted molar refractivity (Wildman–Crippen MR) is 70.3 cm³/mol. The van der Waals surface area contributed by atoms with Crippen LogP contribution in [0.15, 0.2) is 24.4 Å². The molecule has 1 rings (SSSR count). The van der Waals surface area contributed by atoms with Gasteiger partial charge in [-0.25, -0.2) is 4.79 Å². The molecule has 1 aromatic heterocycles. The summed E-state index contributed by atoms with van der Waals surface area (Å²) in [7, 11) is 0. The van der Waals surface area contributed by atoms with E-state index in [1.54, 1.807) is 17.7 Å². The zero-order valence-electron chi connectivity index (χ0n) is 9.77. The van der Waals surface area contributed by atoms with Gasteiger partial charge in [-0.05, 0) is 6.92 Å². The van der Waals surface area contributed by atoms with Crippen LogP contribution < -0.4 is 4.57 Å². The summed E-state index contributed by atoms with van der Waals surface area (Å²) in [6.45, 7) is 2.61. The number of carbonyl (C=O) groups is 1. The minimum absolute atomic E-state index is 0.321. The van der Waals surface area contributed by atoms with E-state index < -0.39 is 12.4 Å². The highest BCUT2D eigenvalue weighted by atomic mass is 35.9. The van der Waals surface area contributed by atoms with E-state index in [-0.39, 0.29) is 5.97 Å². The fraction of sp³-hybridized carbons (Fsp3) is 0.455. The number of rotatable bonds is 5. The van der Waals surface area contributed by atoms with E-state index in [0.29, 0.717) is 6.61 Å². The Morgan fingerprint density at radius 1 is 1.47 bits per heavy atom. The minimum Gasteiger partial charge on any atom is -0.461 e. The summed E-state index contributed by atoms with van der Waals surface area (Å²) >= 11 is 11.9. The van der Waals surface area contributed by atoms with E-state index in [0.717, 1.165) is 12.1 Å². The Hall–Kier alpha value is -0.370. The number of ether oxygens (including phenoxy) is 1. The van der Waals surface area contributed by atoms with Gasteiger partial charge in [0, 0.05) is 18.6 Å². The number of aromatic nitrogens is 1. The summed E-state index contributed by atoms with van der Waals surface area (Å²) in [4.78, 5) is 11.9. The van der Waals surface area contributed by atoms with Crippen molar-refractivity contribution in [2.75, 3.05) is 6.61 Å². The molecular weight excluding hydrogens is 280 g/mol. The van der Waals surface area contributed by atoms with E-state index >= 15 is 0 Å². The molecular formula is C11H15Cl2NO2P+. The largest absolute Gasteiger partial charge is 0.461 e. The topological polar surface area (TPSA) is 30.2 Å². The van der Waals surface area contributed by atoms with Gasteiger partial charge in [0.25, 0.3) is 5.78 Å². The fourth-order valence-electron chi connectivity index (χ4n) is 1.53. The van der Waals surface area contributed by atoms with Gasteiger partial charge in [-0.1, -0.05) is 35.5 Å². The summed E-state index contributed by atoms with van der Waals surface area (Å²) in [6.07, 6.45) is 2.61. The van der Waals surface area contributed by atoms with Crippen LogP contribution in [0.3, 0.4) is 0 Å². The molecule has 3 nitrogen and oxygen atoms in total. The summed E-state index contributed by atoms with van der Waals surface area (Å²) < 4.78 is 6.80. The lowest BCUT2D eigenvalue weighted by Crippen LogP contribution is -2.45. The maximum atomic E-state index is 11.9. The molecule has 0 fully saturated rings. The van der Waals surface area contributed by atoms with Crippen molar-refractivity contribution in [2.45, 2.75) is 26.1 Å². The van der Waals surface area contributed by atoms with Crippen molar-refractivity contribution >= 4 is 35.1 Å². The third-order valence-corrected chi connectivity index (χ3v) is 4.22. The Kier molecular flexibility index (Phi) is 6.18. The highest BCUT2D eigenvalue weighted by Crippen LogP contribution is 2.55. The Morgan fingerprint density at radius 3 is 2.71 bits per heavy atom. The highest BCUT2D eigenvalue weighted by Gasteiger charge is 2.37. The quantitative estimate of drug-likeness (QED) is 0.473. The molecule has 0 aliphatic heterocycles. The minimum atomic E-state index is -1.48. The van der Waals surface area contributed by atoms with Crippen molar-refractivity contribution in [3.63, 3.8) is 0 Å². The highest BCUT2D eigenvalue weighted by molar-refractivity contribution is 8.04. The van der Waals surface area contributed by atoms with E-state index in [4.69, 9.17) is 27.2 Å². The van der Waals surface area contributed by atoms with Crippen LogP contribution in [0, 0.1) is 0 Å². The number of esters is 1. The molecule has 0 aromatic carbocycles. The zero-order valence-corrected chi connectivity index (χ0v) is 12.2. The van der Waals surface area contributed by atoms with Crippen LogP contribution in [0.2, 0.25) is 0 Å². The van der Waals surface area contributed by atoms with Crippen molar-refractivity contribution in [1.82, 2.24) is 0 Å². The number of nitrogens with zero attached hydrogens (tertiary/aromatic N) is 1. The lowest BCUT2D eigenvalue weighted by molar-refractivity contribution is -0.697. The molecule has 1 aromatic rings. The summed E-state index contributed by atoms with van der Waals surface area (Å²) in [5, 5.41) is 0. The first kappa shape index (κ1) is 14.7. The second-order valence-corrected chi connectivity index (χ2v) is 7.05. The van der Waals surface area contributed by atoms with Gasteiger partial charge in [-0.2, -0.15) is 4.57 Å². The van der Waals surface area contributed by atoms with Crippen molar-refractivity contribution in [3.05, 3.63) is 30.1 Å². The molecule has 0 unspecified atom stereocenters. The second kappa shape index (κ2) is 7.15. The van der Waals surface area contributed by atoms with Crippen LogP contribution in [-0.4, -0.2) is 12.6 Å². The zero-order chi connectivity index (χ0) is 12.8. The molecule has 1 atom stereocenters.